The van der Waals surface area contributed by atoms with Gasteiger partial charge in [0.05, 0.1) is 12.6 Å². The summed E-state index contributed by atoms with van der Waals surface area (Å²) in [7, 11) is 1.64. The summed E-state index contributed by atoms with van der Waals surface area (Å²) in [5.74, 6) is 1.16. The van der Waals surface area contributed by atoms with Crippen LogP contribution in [0, 0.1) is 0 Å². The number of nitrogens with one attached hydrogen (secondary N) is 1. The quantitative estimate of drug-likeness (QED) is 0.939. The molecule has 2 aromatic rings. The molecule has 1 aliphatic carbocycles. The van der Waals surface area contributed by atoms with E-state index in [0.29, 0.717) is 11.8 Å². The molecular formula is C17H20N2O2. The highest BCUT2D eigenvalue weighted by Gasteiger charge is 2.25. The summed E-state index contributed by atoms with van der Waals surface area (Å²) in [6.07, 6.45) is 3.19. The largest absolute Gasteiger partial charge is 0.481 e. The molecule has 1 atom stereocenters. The maximum absolute atomic E-state index is 11.0. The zero-order valence-electron chi connectivity index (χ0n) is 12.5. The second-order valence-corrected chi connectivity index (χ2v) is 5.57. The van der Waals surface area contributed by atoms with Gasteiger partial charge < -0.3 is 10.1 Å². The first-order valence-corrected chi connectivity index (χ1v) is 7.40. The van der Waals surface area contributed by atoms with Crippen molar-refractivity contribution in [2.24, 2.45) is 0 Å². The van der Waals surface area contributed by atoms with Crippen LogP contribution in [0.1, 0.15) is 36.8 Å². The molecule has 1 aromatic heterocycles. The van der Waals surface area contributed by atoms with Gasteiger partial charge in [0.25, 0.3) is 0 Å². The van der Waals surface area contributed by atoms with Crippen molar-refractivity contribution >= 4 is 16.8 Å². The van der Waals surface area contributed by atoms with E-state index in [1.165, 1.54) is 11.1 Å². The van der Waals surface area contributed by atoms with Crippen LogP contribution in [-0.2, 0) is 11.2 Å². The number of nitrogens with zero attached hydrogens (tertiary/aromatic N) is 1. The number of benzene rings is 1. The maximum Gasteiger partial charge on any atom is 0.216 e. The summed E-state index contributed by atoms with van der Waals surface area (Å²) >= 11 is 0. The molecule has 0 fully saturated rings. The van der Waals surface area contributed by atoms with Crippen molar-refractivity contribution in [1.82, 2.24) is 10.3 Å². The minimum Gasteiger partial charge on any atom is -0.481 e. The average Bonchev–Trinajstić information content (AvgIpc) is 2.90. The van der Waals surface area contributed by atoms with E-state index < -0.39 is 0 Å². The molecule has 4 nitrogen and oxygen atoms in total. The third-order valence-electron chi connectivity index (χ3n) is 4.21. The Hall–Kier alpha value is -2.10. The van der Waals surface area contributed by atoms with Crippen LogP contribution in [0.2, 0.25) is 0 Å². The summed E-state index contributed by atoms with van der Waals surface area (Å²) in [5, 5.41) is 4.04. The van der Waals surface area contributed by atoms with Gasteiger partial charge in [-0.1, -0.05) is 12.1 Å². The highest BCUT2D eigenvalue weighted by molar-refractivity contribution is 5.84. The van der Waals surface area contributed by atoms with E-state index in [4.69, 9.17) is 4.74 Å². The highest BCUT2D eigenvalue weighted by Crippen LogP contribution is 2.39. The predicted octanol–water partition coefficient (Wildman–Crippen LogP) is 2.80. The molecule has 1 aromatic carbocycles. The Morgan fingerprint density at radius 1 is 1.38 bits per heavy atom. The molecule has 1 N–H and O–H groups in total. The number of rotatable bonds is 4. The maximum atomic E-state index is 11.0. The van der Waals surface area contributed by atoms with Crippen LogP contribution in [0.5, 0.6) is 5.88 Å². The van der Waals surface area contributed by atoms with E-state index in [-0.39, 0.29) is 5.91 Å². The molecule has 0 bridgehead atoms. The minimum absolute atomic E-state index is 0.0333. The standard InChI is InChI=1S/C17H20N2O2/c1-11(20)18-10-9-13-4-3-12-5-6-14-7-8-15(21-2)19-17(14)16(12)13/h5-8,13H,3-4,9-10H2,1-2H3,(H,18,20). The third kappa shape index (κ3) is 2.71. The van der Waals surface area contributed by atoms with Gasteiger partial charge >= 0.3 is 0 Å². The van der Waals surface area contributed by atoms with Crippen molar-refractivity contribution in [3.63, 3.8) is 0 Å². The van der Waals surface area contributed by atoms with E-state index in [1.807, 2.05) is 6.07 Å². The van der Waals surface area contributed by atoms with Gasteiger partial charge in [-0.2, -0.15) is 0 Å². The second-order valence-electron chi connectivity index (χ2n) is 5.57. The summed E-state index contributed by atoms with van der Waals surface area (Å²) in [5.41, 5.74) is 3.78. The highest BCUT2D eigenvalue weighted by atomic mass is 16.5. The fourth-order valence-electron chi connectivity index (χ4n) is 3.21. The first-order valence-electron chi connectivity index (χ1n) is 7.40. The Balaban J connectivity index is 1.94. The first-order chi connectivity index (χ1) is 10.2. The van der Waals surface area contributed by atoms with E-state index in [9.17, 15) is 4.79 Å². The number of carbonyl (C=O) groups is 1. The molecule has 21 heavy (non-hydrogen) atoms. The Bertz CT molecular complexity index is 682. The summed E-state index contributed by atoms with van der Waals surface area (Å²) in [4.78, 5) is 15.7. The molecule has 3 rings (SSSR count). The monoisotopic (exact) mass is 284 g/mol. The number of methoxy groups -OCH3 is 1. The average molecular weight is 284 g/mol. The molecule has 0 saturated carbocycles. The van der Waals surface area contributed by atoms with E-state index >= 15 is 0 Å². The van der Waals surface area contributed by atoms with Crippen LogP contribution < -0.4 is 10.1 Å². The number of hydrogen-bond donors (Lipinski definition) is 1. The number of ether oxygens (including phenoxy) is 1. The number of aryl methyl sites for hydroxylation is 1. The van der Waals surface area contributed by atoms with Gasteiger partial charge in [0.1, 0.15) is 0 Å². The topological polar surface area (TPSA) is 51.2 Å². The van der Waals surface area contributed by atoms with Crippen LogP contribution in [0.15, 0.2) is 24.3 Å². The Labute approximate surface area is 124 Å². The Morgan fingerprint density at radius 2 is 2.19 bits per heavy atom. The van der Waals surface area contributed by atoms with Crippen LogP contribution in [-0.4, -0.2) is 24.5 Å². The van der Waals surface area contributed by atoms with Gasteiger partial charge in [0.2, 0.25) is 11.8 Å². The zero-order chi connectivity index (χ0) is 14.8. The first kappa shape index (κ1) is 13.9. The smallest absolute Gasteiger partial charge is 0.216 e. The zero-order valence-corrected chi connectivity index (χ0v) is 12.5. The number of hydrogen-bond acceptors (Lipinski definition) is 3. The van der Waals surface area contributed by atoms with Gasteiger partial charge in [0, 0.05) is 24.9 Å². The molecule has 1 unspecified atom stereocenters. The molecule has 1 heterocycles. The normalized spacial score (nSPS) is 16.8. The van der Waals surface area contributed by atoms with E-state index in [2.05, 4.69) is 28.5 Å². The van der Waals surface area contributed by atoms with E-state index in [0.717, 1.165) is 36.7 Å². The molecule has 0 aliphatic heterocycles. The third-order valence-corrected chi connectivity index (χ3v) is 4.21. The number of aromatic nitrogens is 1. The van der Waals surface area contributed by atoms with Crippen LogP contribution >= 0.6 is 0 Å². The predicted molar refractivity (Wildman–Crippen MR) is 82.7 cm³/mol. The van der Waals surface area contributed by atoms with Gasteiger partial charge in [-0.25, -0.2) is 4.98 Å². The Kier molecular flexibility index (Phi) is 3.78. The molecular weight excluding hydrogens is 264 g/mol. The lowest BCUT2D eigenvalue weighted by Gasteiger charge is -2.14. The fourth-order valence-corrected chi connectivity index (χ4v) is 3.21. The lowest BCUT2D eigenvalue weighted by atomic mass is 9.95. The van der Waals surface area contributed by atoms with Gasteiger partial charge in [-0.05, 0) is 42.4 Å². The number of amides is 1. The van der Waals surface area contributed by atoms with Crippen molar-refractivity contribution < 1.29 is 9.53 Å². The molecule has 0 spiro atoms. The number of fused-ring (bicyclic) bond motifs is 3. The minimum atomic E-state index is 0.0333. The SMILES string of the molecule is COc1ccc2ccc3c(c2n1)C(CCNC(C)=O)CC3. The van der Waals surface area contributed by atoms with Crippen molar-refractivity contribution in [2.75, 3.05) is 13.7 Å². The van der Waals surface area contributed by atoms with Gasteiger partial charge in [0.15, 0.2) is 0 Å². The van der Waals surface area contributed by atoms with Gasteiger partial charge in [-0.15, -0.1) is 0 Å². The van der Waals surface area contributed by atoms with Crippen molar-refractivity contribution in [1.29, 1.82) is 0 Å². The second kappa shape index (κ2) is 5.72. The van der Waals surface area contributed by atoms with E-state index in [1.54, 1.807) is 14.0 Å². The molecule has 1 aliphatic rings. The van der Waals surface area contributed by atoms with Crippen LogP contribution in [0.4, 0.5) is 0 Å². The lowest BCUT2D eigenvalue weighted by molar-refractivity contribution is -0.118. The molecule has 4 heteroatoms. The van der Waals surface area contributed by atoms with Crippen molar-refractivity contribution in [3.05, 3.63) is 35.4 Å². The summed E-state index contributed by atoms with van der Waals surface area (Å²) < 4.78 is 5.26. The summed E-state index contributed by atoms with van der Waals surface area (Å²) in [6, 6.07) is 8.31. The Morgan fingerprint density at radius 3 is 2.95 bits per heavy atom. The van der Waals surface area contributed by atoms with Crippen LogP contribution in [0.3, 0.4) is 0 Å². The fraction of sp³-hybridized carbons (Fsp3) is 0.412. The number of carbonyl (C=O) groups excluding carboxylic acids is 1. The number of pyridine rings is 1. The molecule has 110 valence electrons. The van der Waals surface area contributed by atoms with Crippen molar-refractivity contribution in [3.8, 4) is 5.88 Å². The molecule has 0 saturated heterocycles. The lowest BCUT2D eigenvalue weighted by Crippen LogP contribution is -2.22. The molecule has 1 amide bonds. The van der Waals surface area contributed by atoms with Gasteiger partial charge in [-0.3, -0.25) is 4.79 Å². The molecule has 0 radical (unpaired) electrons. The van der Waals surface area contributed by atoms with Crippen LogP contribution in [0.25, 0.3) is 10.9 Å². The van der Waals surface area contributed by atoms with Crippen molar-refractivity contribution in [2.45, 2.75) is 32.1 Å². The summed E-state index contributed by atoms with van der Waals surface area (Å²) in [6.45, 7) is 2.28.